The zero-order chi connectivity index (χ0) is 13.8. The third-order valence-corrected chi connectivity index (χ3v) is 3.54. The molecule has 4 atom stereocenters. The van der Waals surface area contributed by atoms with Crippen LogP contribution in [0.3, 0.4) is 0 Å². The molecule has 6 heteroatoms. The van der Waals surface area contributed by atoms with E-state index in [1.807, 2.05) is 6.92 Å². The molecule has 6 nitrogen and oxygen atoms in total. The second-order valence-corrected chi connectivity index (χ2v) is 5.19. The zero-order valence-corrected chi connectivity index (χ0v) is 11.0. The number of hydrogen-bond acceptors (Lipinski definition) is 3. The van der Waals surface area contributed by atoms with Crippen LogP contribution in [0.15, 0.2) is 12.2 Å². The second kappa shape index (κ2) is 6.06. The Labute approximate surface area is 112 Å². The largest absolute Gasteiger partial charge is 0.481 e. The third kappa shape index (κ3) is 3.96. The summed E-state index contributed by atoms with van der Waals surface area (Å²) in [6, 6.07) is -0.303. The molecule has 19 heavy (non-hydrogen) atoms. The van der Waals surface area contributed by atoms with Crippen molar-refractivity contribution in [1.29, 1.82) is 0 Å². The van der Waals surface area contributed by atoms with Gasteiger partial charge >= 0.3 is 12.0 Å². The van der Waals surface area contributed by atoms with Gasteiger partial charge in [0.05, 0.1) is 18.1 Å². The highest BCUT2D eigenvalue weighted by molar-refractivity contribution is 5.76. The van der Waals surface area contributed by atoms with E-state index in [9.17, 15) is 9.59 Å². The minimum absolute atomic E-state index is 0.129. The minimum atomic E-state index is -0.848. The van der Waals surface area contributed by atoms with Crippen LogP contribution in [0, 0.1) is 5.92 Å². The van der Waals surface area contributed by atoms with Crippen molar-refractivity contribution in [3.8, 4) is 0 Å². The summed E-state index contributed by atoms with van der Waals surface area (Å²) in [5.41, 5.74) is 0. The molecule has 2 aliphatic rings. The minimum Gasteiger partial charge on any atom is -0.481 e. The van der Waals surface area contributed by atoms with Crippen molar-refractivity contribution in [1.82, 2.24) is 10.6 Å². The number of carboxylic acids is 1. The van der Waals surface area contributed by atoms with Crippen molar-refractivity contribution in [2.75, 3.05) is 6.61 Å². The fraction of sp³-hybridized carbons (Fsp3) is 0.692. The van der Waals surface area contributed by atoms with E-state index in [0.717, 1.165) is 12.8 Å². The standard InChI is InChI=1S/C13H20N2O4/c1-8-6-11(4-5-19-8)15-13(18)14-10-3-2-9(7-10)12(16)17/h2-3,8-11H,4-7H2,1H3,(H,16,17)(H2,14,15,18). The van der Waals surface area contributed by atoms with Gasteiger partial charge in [0, 0.05) is 12.6 Å². The van der Waals surface area contributed by atoms with Crippen LogP contribution in [-0.2, 0) is 9.53 Å². The first-order valence-electron chi connectivity index (χ1n) is 6.64. The molecule has 2 amide bonds. The maximum absolute atomic E-state index is 11.8. The molecule has 0 saturated carbocycles. The maximum Gasteiger partial charge on any atom is 0.315 e. The lowest BCUT2D eigenvalue weighted by Crippen LogP contribution is -2.48. The predicted octanol–water partition coefficient (Wildman–Crippen LogP) is 0.882. The number of urea groups is 1. The van der Waals surface area contributed by atoms with Gasteiger partial charge in [-0.15, -0.1) is 0 Å². The highest BCUT2D eigenvalue weighted by atomic mass is 16.5. The molecular weight excluding hydrogens is 248 g/mol. The van der Waals surface area contributed by atoms with Gasteiger partial charge in [-0.05, 0) is 26.2 Å². The van der Waals surface area contributed by atoms with E-state index in [2.05, 4.69) is 10.6 Å². The monoisotopic (exact) mass is 268 g/mol. The molecule has 4 unspecified atom stereocenters. The van der Waals surface area contributed by atoms with Crippen molar-refractivity contribution in [2.24, 2.45) is 5.92 Å². The SMILES string of the molecule is CC1CC(NC(=O)NC2C=CC(C(=O)O)C2)CCO1. The van der Waals surface area contributed by atoms with E-state index in [4.69, 9.17) is 9.84 Å². The maximum atomic E-state index is 11.8. The van der Waals surface area contributed by atoms with Crippen molar-refractivity contribution in [3.05, 3.63) is 12.2 Å². The van der Waals surface area contributed by atoms with Crippen molar-refractivity contribution in [3.63, 3.8) is 0 Å². The number of hydrogen-bond donors (Lipinski definition) is 3. The first-order chi connectivity index (χ1) is 9.04. The molecule has 1 heterocycles. The summed E-state index contributed by atoms with van der Waals surface area (Å²) in [5, 5.41) is 14.6. The van der Waals surface area contributed by atoms with Crippen LogP contribution in [0.5, 0.6) is 0 Å². The van der Waals surface area contributed by atoms with Gasteiger partial charge in [0.1, 0.15) is 0 Å². The van der Waals surface area contributed by atoms with E-state index in [1.54, 1.807) is 12.2 Å². The van der Waals surface area contributed by atoms with E-state index in [1.165, 1.54) is 0 Å². The Morgan fingerprint density at radius 1 is 1.26 bits per heavy atom. The number of carboxylic acid groups (broad SMARTS) is 1. The summed E-state index contributed by atoms with van der Waals surface area (Å²) < 4.78 is 5.42. The van der Waals surface area contributed by atoms with Gasteiger partial charge in [-0.1, -0.05) is 12.2 Å². The van der Waals surface area contributed by atoms with Gasteiger partial charge in [-0.2, -0.15) is 0 Å². The number of rotatable bonds is 3. The Kier molecular flexibility index (Phi) is 4.42. The lowest BCUT2D eigenvalue weighted by Gasteiger charge is -2.28. The van der Waals surface area contributed by atoms with Gasteiger partial charge < -0.3 is 20.5 Å². The normalized spacial score (nSPS) is 33.9. The number of carbonyl (C=O) groups excluding carboxylic acids is 1. The summed E-state index contributed by atoms with van der Waals surface area (Å²) >= 11 is 0. The second-order valence-electron chi connectivity index (χ2n) is 5.19. The molecule has 1 aliphatic carbocycles. The summed E-state index contributed by atoms with van der Waals surface area (Å²) in [6.07, 6.45) is 5.59. The van der Waals surface area contributed by atoms with Crippen LogP contribution in [0.25, 0.3) is 0 Å². The Hall–Kier alpha value is -1.56. The summed E-state index contributed by atoms with van der Waals surface area (Å²) in [4.78, 5) is 22.6. The van der Waals surface area contributed by atoms with Crippen molar-refractivity contribution < 1.29 is 19.4 Å². The van der Waals surface area contributed by atoms with Crippen LogP contribution in [0.2, 0.25) is 0 Å². The Bertz CT molecular complexity index is 383. The number of nitrogens with one attached hydrogen (secondary N) is 2. The highest BCUT2D eigenvalue weighted by Gasteiger charge is 2.26. The van der Waals surface area contributed by atoms with Gasteiger partial charge in [-0.3, -0.25) is 4.79 Å². The van der Waals surface area contributed by atoms with Crippen molar-refractivity contribution in [2.45, 2.75) is 44.4 Å². The van der Waals surface area contributed by atoms with Crippen LogP contribution >= 0.6 is 0 Å². The lowest BCUT2D eigenvalue weighted by molar-refractivity contribution is -0.140. The van der Waals surface area contributed by atoms with Gasteiger partial charge in [0.2, 0.25) is 0 Å². The third-order valence-electron chi connectivity index (χ3n) is 3.54. The predicted molar refractivity (Wildman–Crippen MR) is 68.8 cm³/mol. The molecule has 0 aromatic heterocycles. The smallest absolute Gasteiger partial charge is 0.315 e. The highest BCUT2D eigenvalue weighted by Crippen LogP contribution is 2.18. The fourth-order valence-electron chi connectivity index (χ4n) is 2.51. The zero-order valence-electron chi connectivity index (χ0n) is 11.0. The molecule has 0 bridgehead atoms. The van der Waals surface area contributed by atoms with E-state index < -0.39 is 11.9 Å². The summed E-state index contributed by atoms with van der Waals surface area (Å²) in [6.45, 7) is 2.65. The fourth-order valence-corrected chi connectivity index (χ4v) is 2.51. The molecule has 3 N–H and O–H groups in total. The molecule has 0 aromatic rings. The molecule has 1 saturated heterocycles. The Balaban J connectivity index is 1.73. The quantitative estimate of drug-likeness (QED) is 0.663. The van der Waals surface area contributed by atoms with Crippen LogP contribution < -0.4 is 10.6 Å². The number of amides is 2. The van der Waals surface area contributed by atoms with Gasteiger partial charge in [0.15, 0.2) is 0 Å². The lowest BCUT2D eigenvalue weighted by atomic mass is 10.0. The molecular formula is C13H20N2O4. The van der Waals surface area contributed by atoms with E-state index >= 15 is 0 Å². The first-order valence-corrected chi connectivity index (χ1v) is 6.64. The van der Waals surface area contributed by atoms with Gasteiger partial charge in [-0.25, -0.2) is 4.79 Å². The average molecular weight is 268 g/mol. The topological polar surface area (TPSA) is 87.7 Å². The number of aliphatic carboxylic acids is 1. The number of ether oxygens (including phenoxy) is 1. The van der Waals surface area contributed by atoms with Crippen LogP contribution in [0.4, 0.5) is 4.79 Å². The molecule has 0 spiro atoms. The Morgan fingerprint density at radius 2 is 2.05 bits per heavy atom. The van der Waals surface area contributed by atoms with Crippen LogP contribution in [-0.4, -0.2) is 41.9 Å². The summed E-state index contributed by atoms with van der Waals surface area (Å²) in [7, 11) is 0. The molecule has 1 fully saturated rings. The molecule has 1 aliphatic heterocycles. The molecule has 2 rings (SSSR count). The Morgan fingerprint density at radius 3 is 2.68 bits per heavy atom. The van der Waals surface area contributed by atoms with E-state index in [-0.39, 0.29) is 24.2 Å². The molecule has 0 radical (unpaired) electrons. The number of carbonyl (C=O) groups is 2. The van der Waals surface area contributed by atoms with E-state index in [0.29, 0.717) is 13.0 Å². The van der Waals surface area contributed by atoms with Crippen molar-refractivity contribution >= 4 is 12.0 Å². The van der Waals surface area contributed by atoms with Crippen LogP contribution in [0.1, 0.15) is 26.2 Å². The molecule has 106 valence electrons. The first kappa shape index (κ1) is 13.9. The molecule has 0 aromatic carbocycles. The van der Waals surface area contributed by atoms with Gasteiger partial charge in [0.25, 0.3) is 0 Å². The summed E-state index contributed by atoms with van der Waals surface area (Å²) in [5.74, 6) is -1.34. The average Bonchev–Trinajstić information content (AvgIpc) is 2.77.